The molecular formula is C11H20N2OS. The van der Waals surface area contributed by atoms with Gasteiger partial charge in [0, 0.05) is 30.3 Å². The molecule has 0 spiro atoms. The second-order valence-electron chi connectivity index (χ2n) is 4.69. The maximum atomic E-state index is 11.7. The summed E-state index contributed by atoms with van der Waals surface area (Å²) in [5.74, 6) is 0.272. The molecule has 2 rings (SSSR count). The second kappa shape index (κ2) is 4.74. The van der Waals surface area contributed by atoms with Crippen LogP contribution in [-0.2, 0) is 4.79 Å². The van der Waals surface area contributed by atoms with Crippen molar-refractivity contribution in [3.05, 3.63) is 0 Å². The van der Waals surface area contributed by atoms with Gasteiger partial charge in [-0.15, -0.1) is 0 Å². The maximum Gasteiger partial charge on any atom is 0.224 e. The van der Waals surface area contributed by atoms with Crippen LogP contribution in [0.5, 0.6) is 0 Å². The number of carbonyl (C=O) groups is 1. The largest absolute Gasteiger partial charge is 0.338 e. The summed E-state index contributed by atoms with van der Waals surface area (Å²) in [4.78, 5) is 13.8. The van der Waals surface area contributed by atoms with Crippen molar-refractivity contribution < 1.29 is 4.79 Å². The number of likely N-dealkylation sites (tertiary alicyclic amines) is 1. The molecule has 1 aliphatic heterocycles. The van der Waals surface area contributed by atoms with Gasteiger partial charge in [0.1, 0.15) is 0 Å². The predicted molar refractivity (Wildman–Crippen MR) is 63.9 cm³/mol. The van der Waals surface area contributed by atoms with Crippen molar-refractivity contribution in [1.82, 2.24) is 4.90 Å². The number of hydrogen-bond acceptors (Lipinski definition) is 3. The molecule has 0 aromatic heterocycles. The smallest absolute Gasteiger partial charge is 0.224 e. The average molecular weight is 228 g/mol. The fraction of sp³-hybridized carbons (Fsp3) is 0.909. The lowest BCUT2D eigenvalue weighted by molar-refractivity contribution is -0.130. The van der Waals surface area contributed by atoms with Gasteiger partial charge in [-0.1, -0.05) is 6.42 Å². The fourth-order valence-corrected chi connectivity index (χ4v) is 3.55. The first-order chi connectivity index (χ1) is 7.20. The van der Waals surface area contributed by atoms with Crippen molar-refractivity contribution in [3.8, 4) is 0 Å². The Bertz CT molecular complexity index is 247. The number of nitrogens with zero attached hydrogens (tertiary/aromatic N) is 1. The molecular weight excluding hydrogens is 208 g/mol. The molecule has 0 radical (unpaired) electrons. The van der Waals surface area contributed by atoms with Gasteiger partial charge in [0.15, 0.2) is 0 Å². The molecule has 1 saturated heterocycles. The molecule has 3 unspecified atom stereocenters. The topological polar surface area (TPSA) is 46.3 Å². The summed E-state index contributed by atoms with van der Waals surface area (Å²) in [6.45, 7) is 0.782. The van der Waals surface area contributed by atoms with Crippen molar-refractivity contribution in [2.75, 3.05) is 12.8 Å². The Balaban J connectivity index is 1.95. The van der Waals surface area contributed by atoms with Gasteiger partial charge in [-0.3, -0.25) is 4.79 Å². The fourth-order valence-electron chi connectivity index (χ4n) is 2.73. The minimum atomic E-state index is 0.0761. The number of amides is 1. The predicted octanol–water partition coefficient (Wildman–Crippen LogP) is 1.22. The van der Waals surface area contributed by atoms with E-state index < -0.39 is 0 Å². The Morgan fingerprint density at radius 3 is 2.87 bits per heavy atom. The van der Waals surface area contributed by atoms with Gasteiger partial charge in [0.25, 0.3) is 0 Å². The van der Waals surface area contributed by atoms with E-state index in [9.17, 15) is 4.79 Å². The van der Waals surface area contributed by atoms with E-state index >= 15 is 0 Å². The van der Waals surface area contributed by atoms with Gasteiger partial charge in [0.05, 0.1) is 0 Å². The van der Waals surface area contributed by atoms with Crippen LogP contribution in [0.2, 0.25) is 0 Å². The molecule has 2 aliphatic rings. The Hall–Kier alpha value is -0.220. The van der Waals surface area contributed by atoms with E-state index in [0.717, 1.165) is 11.8 Å². The van der Waals surface area contributed by atoms with Gasteiger partial charge >= 0.3 is 0 Å². The lowest BCUT2D eigenvalue weighted by Gasteiger charge is -2.34. The van der Waals surface area contributed by atoms with E-state index in [-0.39, 0.29) is 11.9 Å². The summed E-state index contributed by atoms with van der Waals surface area (Å²) in [7, 11) is 0. The molecule has 2 N–H and O–H groups in total. The molecule has 86 valence electrons. The molecule has 0 bridgehead atoms. The molecule has 3 atom stereocenters. The molecule has 15 heavy (non-hydrogen) atoms. The van der Waals surface area contributed by atoms with E-state index in [0.29, 0.717) is 12.5 Å². The molecule has 1 saturated carbocycles. The summed E-state index contributed by atoms with van der Waals surface area (Å²) < 4.78 is 0. The van der Waals surface area contributed by atoms with Crippen molar-refractivity contribution in [3.63, 3.8) is 0 Å². The first kappa shape index (κ1) is 11.3. The van der Waals surface area contributed by atoms with Crippen molar-refractivity contribution >= 4 is 17.7 Å². The average Bonchev–Trinajstić information content (AvgIpc) is 2.58. The van der Waals surface area contributed by atoms with E-state index in [2.05, 4.69) is 6.26 Å². The number of hydrogen-bond donors (Lipinski definition) is 1. The second-order valence-corrected chi connectivity index (χ2v) is 5.83. The lowest BCUT2D eigenvalue weighted by atomic mass is 9.94. The van der Waals surface area contributed by atoms with Gasteiger partial charge in [-0.25, -0.2) is 0 Å². The van der Waals surface area contributed by atoms with Crippen LogP contribution in [0, 0.1) is 0 Å². The highest BCUT2D eigenvalue weighted by atomic mass is 32.2. The van der Waals surface area contributed by atoms with Crippen LogP contribution in [0.15, 0.2) is 0 Å². The molecule has 2 fully saturated rings. The summed E-state index contributed by atoms with van der Waals surface area (Å²) in [5.41, 5.74) is 5.82. The Labute approximate surface area is 95.8 Å². The third-order valence-electron chi connectivity index (χ3n) is 3.56. The monoisotopic (exact) mass is 228 g/mol. The van der Waals surface area contributed by atoms with Gasteiger partial charge < -0.3 is 10.6 Å². The summed E-state index contributed by atoms with van der Waals surface area (Å²) in [6, 6.07) is 0.546. The molecule has 3 nitrogen and oxygen atoms in total. The van der Waals surface area contributed by atoms with Gasteiger partial charge in [-0.05, 0) is 25.5 Å². The number of nitrogens with two attached hydrogens (primary N) is 1. The molecule has 1 amide bonds. The minimum Gasteiger partial charge on any atom is -0.338 e. The summed E-state index contributed by atoms with van der Waals surface area (Å²) in [5, 5.41) is 0.744. The van der Waals surface area contributed by atoms with Crippen LogP contribution < -0.4 is 5.73 Å². The van der Waals surface area contributed by atoms with Crippen LogP contribution in [-0.4, -0.2) is 40.9 Å². The lowest BCUT2D eigenvalue weighted by Crippen LogP contribution is -2.41. The zero-order valence-corrected chi connectivity index (χ0v) is 10.1. The highest BCUT2D eigenvalue weighted by Crippen LogP contribution is 2.31. The van der Waals surface area contributed by atoms with E-state index in [1.165, 1.54) is 25.7 Å². The summed E-state index contributed by atoms with van der Waals surface area (Å²) >= 11 is 1.94. The van der Waals surface area contributed by atoms with E-state index in [1.54, 1.807) is 0 Å². The van der Waals surface area contributed by atoms with Crippen LogP contribution in [0.25, 0.3) is 0 Å². The number of rotatable bonds is 2. The molecule has 1 heterocycles. The molecule has 1 aliphatic carbocycles. The van der Waals surface area contributed by atoms with Crippen LogP contribution >= 0.6 is 11.8 Å². The quantitative estimate of drug-likeness (QED) is 0.773. The van der Waals surface area contributed by atoms with E-state index in [4.69, 9.17) is 5.73 Å². The molecule has 4 heteroatoms. The number of thioether (sulfide) groups is 1. The molecule has 0 aromatic rings. The zero-order chi connectivity index (χ0) is 10.8. The first-order valence-electron chi connectivity index (χ1n) is 5.78. The van der Waals surface area contributed by atoms with Gasteiger partial charge in [-0.2, -0.15) is 11.8 Å². The Morgan fingerprint density at radius 2 is 2.27 bits per heavy atom. The van der Waals surface area contributed by atoms with Crippen molar-refractivity contribution in [2.24, 2.45) is 5.73 Å². The highest BCUT2D eigenvalue weighted by molar-refractivity contribution is 7.99. The van der Waals surface area contributed by atoms with Crippen LogP contribution in [0.1, 0.15) is 32.1 Å². The SMILES string of the molecule is CSC1CCCC(N2CC(N)CC2=O)C1. The number of carbonyl (C=O) groups excluding carboxylic acids is 1. The van der Waals surface area contributed by atoms with Crippen LogP contribution in [0.3, 0.4) is 0 Å². The Morgan fingerprint density at radius 1 is 1.47 bits per heavy atom. The summed E-state index contributed by atoms with van der Waals surface area (Å²) in [6.07, 6.45) is 7.64. The third kappa shape index (κ3) is 2.48. The minimum absolute atomic E-state index is 0.0761. The standard InChI is InChI=1S/C11H20N2OS/c1-15-10-4-2-3-9(6-10)13-7-8(12)5-11(13)14/h8-10H,2-7,12H2,1H3. The first-order valence-corrected chi connectivity index (χ1v) is 7.07. The van der Waals surface area contributed by atoms with Gasteiger partial charge in [0.2, 0.25) is 5.91 Å². The van der Waals surface area contributed by atoms with Crippen molar-refractivity contribution in [1.29, 1.82) is 0 Å². The van der Waals surface area contributed by atoms with Crippen LogP contribution in [0.4, 0.5) is 0 Å². The van der Waals surface area contributed by atoms with E-state index in [1.807, 2.05) is 16.7 Å². The third-order valence-corrected chi connectivity index (χ3v) is 4.66. The molecule has 0 aromatic carbocycles. The van der Waals surface area contributed by atoms with Crippen molar-refractivity contribution in [2.45, 2.75) is 49.4 Å². The Kier molecular flexibility index (Phi) is 3.57. The maximum absolute atomic E-state index is 11.7. The normalized spacial score (nSPS) is 37.3. The highest BCUT2D eigenvalue weighted by Gasteiger charge is 2.34. The zero-order valence-electron chi connectivity index (χ0n) is 9.32.